The van der Waals surface area contributed by atoms with E-state index < -0.39 is 22.0 Å². The molecule has 1 N–H and O–H groups in total. The lowest BCUT2D eigenvalue weighted by atomic mass is 9.87. The van der Waals surface area contributed by atoms with Gasteiger partial charge in [-0.3, -0.25) is 9.10 Å². The maximum Gasteiger partial charge on any atom is 0.264 e. The Balaban J connectivity index is 1.39. The van der Waals surface area contributed by atoms with Crippen LogP contribution in [0, 0.1) is 0 Å². The van der Waals surface area contributed by atoms with Crippen LogP contribution < -0.4 is 19.1 Å². The molecule has 0 aliphatic carbocycles. The molecule has 1 amide bonds. The van der Waals surface area contributed by atoms with Crippen LogP contribution in [0.15, 0.2) is 83.8 Å². The summed E-state index contributed by atoms with van der Waals surface area (Å²) in [5.74, 6) is 0.656. The molecule has 0 unspecified atom stereocenters. The summed E-state index contributed by atoms with van der Waals surface area (Å²) in [4.78, 5) is 13.0. The minimum Gasteiger partial charge on any atom is -0.492 e. The number of benzene rings is 3. The van der Waals surface area contributed by atoms with Crippen molar-refractivity contribution >= 4 is 21.6 Å². The van der Waals surface area contributed by atoms with E-state index in [0.717, 1.165) is 5.75 Å². The number of sulfonamides is 1. The maximum absolute atomic E-state index is 13.3. The van der Waals surface area contributed by atoms with E-state index in [-0.39, 0.29) is 30.0 Å². The van der Waals surface area contributed by atoms with Gasteiger partial charge >= 0.3 is 0 Å². The van der Waals surface area contributed by atoms with Crippen molar-refractivity contribution in [3.63, 3.8) is 0 Å². The molecular weight excluding hydrogens is 464 g/mol. The van der Waals surface area contributed by atoms with Crippen molar-refractivity contribution in [1.29, 1.82) is 0 Å². The zero-order chi connectivity index (χ0) is 25.1. The number of hydrogen-bond donors (Lipinski definition) is 1. The minimum absolute atomic E-state index is 0.0625. The van der Waals surface area contributed by atoms with Crippen LogP contribution in [0.25, 0.3) is 0 Å². The largest absolute Gasteiger partial charge is 0.492 e. The number of fused-ring (bicyclic) bond motifs is 1. The summed E-state index contributed by atoms with van der Waals surface area (Å²) < 4.78 is 39.5. The number of carbonyl (C=O) groups is 1. The molecule has 0 radical (unpaired) electrons. The van der Waals surface area contributed by atoms with Gasteiger partial charge in [0.15, 0.2) is 6.10 Å². The van der Waals surface area contributed by atoms with Gasteiger partial charge in [-0.2, -0.15) is 0 Å². The standard InChI is InChI=1S/C27H30N2O5S/c1-27(2,3)20-13-15-21(16-14-20)33-18-17-28-26(30)25-19-29(23-11-7-8-12-24(23)34-25)35(31,32)22-9-5-4-6-10-22/h4-16,25H,17-19H2,1-3H3,(H,28,30)/t25-/m1/s1. The molecule has 1 aliphatic rings. The highest BCUT2D eigenvalue weighted by atomic mass is 32.2. The second-order valence-corrected chi connectivity index (χ2v) is 11.2. The van der Waals surface area contributed by atoms with Crippen LogP contribution in [0.5, 0.6) is 11.5 Å². The Bertz CT molecular complexity index is 1270. The number of nitrogens with one attached hydrogen (secondary N) is 1. The number of hydrogen-bond acceptors (Lipinski definition) is 5. The van der Waals surface area contributed by atoms with Gasteiger partial charge in [0.25, 0.3) is 15.9 Å². The molecule has 1 heterocycles. The summed E-state index contributed by atoms with van der Waals surface area (Å²) in [7, 11) is -3.87. The average molecular weight is 495 g/mol. The summed E-state index contributed by atoms with van der Waals surface area (Å²) in [6.45, 7) is 6.85. The summed E-state index contributed by atoms with van der Waals surface area (Å²) in [6, 6.07) is 22.9. The van der Waals surface area contributed by atoms with Crippen LogP contribution in [-0.4, -0.2) is 40.1 Å². The van der Waals surface area contributed by atoms with E-state index in [2.05, 4.69) is 26.1 Å². The number of rotatable bonds is 7. The third-order valence-electron chi connectivity index (χ3n) is 5.75. The lowest BCUT2D eigenvalue weighted by Crippen LogP contribution is -2.51. The lowest BCUT2D eigenvalue weighted by molar-refractivity contribution is -0.127. The minimum atomic E-state index is -3.87. The van der Waals surface area contributed by atoms with E-state index in [1.165, 1.54) is 22.0 Å². The highest BCUT2D eigenvalue weighted by molar-refractivity contribution is 7.92. The van der Waals surface area contributed by atoms with Crippen LogP contribution in [0.1, 0.15) is 26.3 Å². The van der Waals surface area contributed by atoms with E-state index in [1.54, 1.807) is 42.5 Å². The Labute approximate surface area is 206 Å². The van der Waals surface area contributed by atoms with Gasteiger partial charge in [-0.1, -0.05) is 63.2 Å². The Morgan fingerprint density at radius 1 is 1.00 bits per heavy atom. The van der Waals surface area contributed by atoms with E-state index in [9.17, 15) is 13.2 Å². The molecule has 0 saturated heterocycles. The molecule has 0 fully saturated rings. The zero-order valence-corrected chi connectivity index (χ0v) is 20.9. The first-order valence-corrected chi connectivity index (χ1v) is 12.9. The SMILES string of the molecule is CC(C)(C)c1ccc(OCCNC(=O)[C@H]2CN(S(=O)(=O)c3ccccc3)c3ccccc3O2)cc1. The van der Waals surface area contributed by atoms with Gasteiger partial charge in [-0.15, -0.1) is 0 Å². The second kappa shape index (κ2) is 10.00. The van der Waals surface area contributed by atoms with Crippen molar-refractivity contribution < 1.29 is 22.7 Å². The maximum atomic E-state index is 13.3. The number of nitrogens with zero attached hydrogens (tertiary/aromatic N) is 1. The van der Waals surface area contributed by atoms with E-state index in [1.807, 2.05) is 24.3 Å². The fraction of sp³-hybridized carbons (Fsp3) is 0.296. The van der Waals surface area contributed by atoms with Gasteiger partial charge in [0.05, 0.1) is 23.7 Å². The monoisotopic (exact) mass is 494 g/mol. The summed E-state index contributed by atoms with van der Waals surface area (Å²) >= 11 is 0. The molecule has 0 aromatic heterocycles. The molecule has 1 atom stereocenters. The first kappa shape index (κ1) is 24.6. The molecule has 3 aromatic rings. The number of amides is 1. The molecule has 0 saturated carbocycles. The van der Waals surface area contributed by atoms with Gasteiger partial charge in [-0.25, -0.2) is 8.42 Å². The Morgan fingerprint density at radius 3 is 2.34 bits per heavy atom. The predicted molar refractivity (Wildman–Crippen MR) is 135 cm³/mol. The summed E-state index contributed by atoms with van der Waals surface area (Å²) in [6.07, 6.45) is -0.991. The van der Waals surface area contributed by atoms with Crippen molar-refractivity contribution in [3.8, 4) is 11.5 Å². The van der Waals surface area contributed by atoms with Crippen LogP contribution in [0.2, 0.25) is 0 Å². The van der Waals surface area contributed by atoms with Gasteiger partial charge in [0, 0.05) is 0 Å². The summed E-state index contributed by atoms with van der Waals surface area (Å²) in [5, 5.41) is 2.79. The number of ether oxygens (including phenoxy) is 2. The number of para-hydroxylation sites is 2. The third kappa shape index (κ3) is 5.59. The van der Waals surface area contributed by atoms with Crippen LogP contribution in [0.3, 0.4) is 0 Å². The molecule has 7 nitrogen and oxygen atoms in total. The highest BCUT2D eigenvalue weighted by Crippen LogP contribution is 2.36. The molecule has 8 heteroatoms. The first-order valence-electron chi connectivity index (χ1n) is 11.5. The Kier molecular flexibility index (Phi) is 7.03. The van der Waals surface area contributed by atoms with Crippen molar-refractivity contribution in [2.45, 2.75) is 37.2 Å². The van der Waals surface area contributed by atoms with Gasteiger partial charge in [0.1, 0.15) is 18.1 Å². The van der Waals surface area contributed by atoms with Crippen molar-refractivity contribution in [3.05, 3.63) is 84.4 Å². The molecular formula is C27H30N2O5S. The molecule has 4 rings (SSSR count). The highest BCUT2D eigenvalue weighted by Gasteiger charge is 2.37. The van der Waals surface area contributed by atoms with E-state index in [0.29, 0.717) is 11.4 Å². The van der Waals surface area contributed by atoms with E-state index >= 15 is 0 Å². The molecule has 3 aromatic carbocycles. The topological polar surface area (TPSA) is 84.9 Å². The fourth-order valence-corrected chi connectivity index (χ4v) is 5.29. The van der Waals surface area contributed by atoms with Crippen LogP contribution >= 0.6 is 0 Å². The second-order valence-electron chi connectivity index (χ2n) is 9.34. The predicted octanol–water partition coefficient (Wildman–Crippen LogP) is 4.14. The Morgan fingerprint density at radius 2 is 1.66 bits per heavy atom. The lowest BCUT2D eigenvalue weighted by Gasteiger charge is -2.34. The number of anilines is 1. The normalized spacial score (nSPS) is 15.6. The van der Waals surface area contributed by atoms with Gasteiger partial charge < -0.3 is 14.8 Å². The molecule has 0 bridgehead atoms. The quantitative estimate of drug-likeness (QED) is 0.499. The zero-order valence-electron chi connectivity index (χ0n) is 20.1. The smallest absolute Gasteiger partial charge is 0.264 e. The van der Waals surface area contributed by atoms with Crippen molar-refractivity contribution in [1.82, 2.24) is 5.32 Å². The molecule has 35 heavy (non-hydrogen) atoms. The average Bonchev–Trinajstić information content (AvgIpc) is 2.86. The molecule has 0 spiro atoms. The van der Waals surface area contributed by atoms with Crippen LogP contribution in [0.4, 0.5) is 5.69 Å². The molecule has 1 aliphatic heterocycles. The van der Waals surface area contributed by atoms with Crippen molar-refractivity contribution in [2.24, 2.45) is 0 Å². The molecule has 184 valence electrons. The number of carbonyl (C=O) groups excluding carboxylic acids is 1. The van der Waals surface area contributed by atoms with Crippen LogP contribution in [-0.2, 0) is 20.2 Å². The Hall–Kier alpha value is -3.52. The first-order chi connectivity index (χ1) is 16.7. The van der Waals surface area contributed by atoms with Gasteiger partial charge in [0.2, 0.25) is 0 Å². The van der Waals surface area contributed by atoms with Crippen molar-refractivity contribution in [2.75, 3.05) is 24.0 Å². The van der Waals surface area contributed by atoms with E-state index in [4.69, 9.17) is 9.47 Å². The summed E-state index contributed by atoms with van der Waals surface area (Å²) in [5.41, 5.74) is 1.68. The third-order valence-corrected chi connectivity index (χ3v) is 7.54. The fourth-order valence-electron chi connectivity index (χ4n) is 3.79. The van der Waals surface area contributed by atoms with Gasteiger partial charge in [-0.05, 0) is 47.4 Å².